The molecule has 0 aliphatic carbocycles. The van der Waals surface area contributed by atoms with Gasteiger partial charge in [-0.1, -0.05) is 6.07 Å². The highest BCUT2D eigenvalue weighted by Gasteiger charge is 2.36. The van der Waals surface area contributed by atoms with Crippen LogP contribution in [0, 0.1) is 0 Å². The number of hydrogen-bond acceptors (Lipinski definition) is 3. The van der Waals surface area contributed by atoms with E-state index in [4.69, 9.17) is 4.74 Å². The minimum atomic E-state index is -4.57. The van der Waals surface area contributed by atoms with Gasteiger partial charge in [0.2, 0.25) is 0 Å². The fourth-order valence-corrected chi connectivity index (χ4v) is 3.00. The van der Waals surface area contributed by atoms with Crippen LogP contribution < -0.4 is 4.74 Å². The summed E-state index contributed by atoms with van der Waals surface area (Å²) in [5.41, 5.74) is 1.10. The predicted octanol–water partition coefficient (Wildman–Crippen LogP) is 2.69. The van der Waals surface area contributed by atoms with E-state index in [1.54, 1.807) is 12.0 Å². The number of carbonyl (C=O) groups is 1. The van der Waals surface area contributed by atoms with Crippen molar-refractivity contribution in [2.24, 2.45) is 7.05 Å². The van der Waals surface area contributed by atoms with Crippen molar-refractivity contribution in [3.8, 4) is 5.75 Å². The Morgan fingerprint density at radius 3 is 2.44 bits per heavy atom. The maximum Gasteiger partial charge on any atom is 0.435 e. The Morgan fingerprint density at radius 1 is 1.16 bits per heavy atom. The van der Waals surface area contributed by atoms with E-state index in [1.165, 1.54) is 7.05 Å². The van der Waals surface area contributed by atoms with Gasteiger partial charge in [0.05, 0.1) is 7.11 Å². The minimum Gasteiger partial charge on any atom is -0.497 e. The molecule has 0 fully saturated rings. The third-order valence-corrected chi connectivity index (χ3v) is 4.39. The van der Waals surface area contributed by atoms with Crippen LogP contribution in [-0.2, 0) is 26.1 Å². The molecule has 25 heavy (non-hydrogen) atoms. The molecule has 0 bridgehead atoms. The lowest BCUT2D eigenvalue weighted by Gasteiger charge is -2.20. The maximum absolute atomic E-state index is 12.8. The van der Waals surface area contributed by atoms with Crippen molar-refractivity contribution in [3.05, 3.63) is 46.8 Å². The molecule has 0 saturated heterocycles. The number of carbonyl (C=O) groups excluding carboxylic acids is 1. The van der Waals surface area contributed by atoms with Crippen molar-refractivity contribution in [2.45, 2.75) is 19.0 Å². The molecule has 0 radical (unpaired) electrons. The quantitative estimate of drug-likeness (QED) is 0.834. The van der Waals surface area contributed by atoms with Gasteiger partial charge in [-0.2, -0.15) is 18.3 Å². The normalized spacial score (nSPS) is 14.8. The van der Waals surface area contributed by atoms with Crippen molar-refractivity contribution in [1.82, 2.24) is 14.7 Å². The zero-order valence-corrected chi connectivity index (χ0v) is 13.9. The third kappa shape index (κ3) is 3.47. The lowest BCUT2D eigenvalue weighted by Crippen LogP contribution is -2.34. The fraction of sp³-hybridized carbons (Fsp3) is 0.412. The van der Waals surface area contributed by atoms with E-state index < -0.39 is 17.8 Å². The lowest BCUT2D eigenvalue weighted by molar-refractivity contribution is -0.141. The summed E-state index contributed by atoms with van der Waals surface area (Å²) in [7, 11) is 2.94. The maximum atomic E-state index is 12.8. The topological polar surface area (TPSA) is 47.4 Å². The van der Waals surface area contributed by atoms with Crippen LogP contribution in [0.15, 0.2) is 24.3 Å². The number of amides is 1. The van der Waals surface area contributed by atoms with Gasteiger partial charge in [0.15, 0.2) is 5.69 Å². The van der Waals surface area contributed by atoms with Gasteiger partial charge in [-0.15, -0.1) is 0 Å². The summed E-state index contributed by atoms with van der Waals surface area (Å²) in [4.78, 5) is 14.2. The van der Waals surface area contributed by atoms with E-state index in [0.29, 0.717) is 25.9 Å². The van der Waals surface area contributed by atoms with Crippen molar-refractivity contribution in [3.63, 3.8) is 0 Å². The number of fused-ring (bicyclic) bond motifs is 1. The molecule has 2 aromatic rings. The molecular weight excluding hydrogens is 335 g/mol. The summed E-state index contributed by atoms with van der Waals surface area (Å²) in [6, 6.07) is 6.58. The van der Waals surface area contributed by atoms with Crippen LogP contribution in [0.1, 0.15) is 27.3 Å². The average Bonchev–Trinajstić information content (AvgIpc) is 2.84. The first-order valence-electron chi connectivity index (χ1n) is 7.86. The summed E-state index contributed by atoms with van der Waals surface area (Å²) in [6.07, 6.45) is -3.29. The third-order valence-electron chi connectivity index (χ3n) is 4.39. The molecule has 0 N–H and O–H groups in total. The van der Waals surface area contributed by atoms with E-state index in [9.17, 15) is 18.0 Å². The molecule has 1 aliphatic heterocycles. The Balaban J connectivity index is 1.80. The molecule has 134 valence electrons. The highest BCUT2D eigenvalue weighted by atomic mass is 19.4. The smallest absolute Gasteiger partial charge is 0.435 e. The molecule has 0 unspecified atom stereocenters. The van der Waals surface area contributed by atoms with Crippen molar-refractivity contribution in [2.75, 3.05) is 20.2 Å². The van der Waals surface area contributed by atoms with Crippen molar-refractivity contribution >= 4 is 5.91 Å². The molecule has 2 heterocycles. The molecule has 0 spiro atoms. The second-order valence-corrected chi connectivity index (χ2v) is 5.96. The highest BCUT2D eigenvalue weighted by molar-refractivity contribution is 5.92. The van der Waals surface area contributed by atoms with Gasteiger partial charge in [-0.3, -0.25) is 9.48 Å². The summed E-state index contributed by atoms with van der Waals surface area (Å²) < 4.78 is 44.6. The molecule has 1 amide bonds. The number of benzene rings is 1. The zero-order chi connectivity index (χ0) is 18.2. The number of halogens is 3. The Labute approximate surface area is 143 Å². The average molecular weight is 353 g/mol. The number of alkyl halides is 3. The van der Waals surface area contributed by atoms with Crippen molar-refractivity contribution in [1.29, 1.82) is 0 Å². The Bertz CT molecular complexity index is 799. The van der Waals surface area contributed by atoms with E-state index >= 15 is 0 Å². The van der Waals surface area contributed by atoms with Gasteiger partial charge in [-0.25, -0.2) is 0 Å². The van der Waals surface area contributed by atoms with Crippen LogP contribution in [0.3, 0.4) is 0 Å². The molecule has 1 aromatic heterocycles. The summed E-state index contributed by atoms with van der Waals surface area (Å²) >= 11 is 0. The predicted molar refractivity (Wildman–Crippen MR) is 84.5 cm³/mol. The van der Waals surface area contributed by atoms with Crippen LogP contribution in [-0.4, -0.2) is 40.8 Å². The number of aromatic nitrogens is 2. The second kappa shape index (κ2) is 6.42. The molecule has 0 atom stereocenters. The molecular formula is C17H18F3N3O2. The number of ether oxygens (including phenoxy) is 1. The van der Waals surface area contributed by atoms with E-state index in [0.717, 1.165) is 27.6 Å². The van der Waals surface area contributed by atoms with E-state index in [1.807, 2.05) is 18.2 Å². The lowest BCUT2D eigenvalue weighted by atomic mass is 10.0. The minimum absolute atomic E-state index is 0.0594. The number of nitrogens with zero attached hydrogens (tertiary/aromatic N) is 3. The van der Waals surface area contributed by atoms with Gasteiger partial charge >= 0.3 is 6.18 Å². The summed E-state index contributed by atoms with van der Waals surface area (Å²) in [6.45, 7) is 0.885. The fourth-order valence-electron chi connectivity index (χ4n) is 3.00. The largest absolute Gasteiger partial charge is 0.497 e. The Kier molecular flexibility index (Phi) is 4.45. The van der Waals surface area contributed by atoms with E-state index in [2.05, 4.69) is 5.10 Å². The monoisotopic (exact) mass is 353 g/mol. The molecule has 1 aliphatic rings. The number of rotatable bonds is 2. The molecule has 1 aromatic carbocycles. The summed E-state index contributed by atoms with van der Waals surface area (Å²) in [5, 5.41) is 3.41. The molecule has 0 saturated carbocycles. The van der Waals surface area contributed by atoms with Gasteiger partial charge in [0, 0.05) is 26.2 Å². The van der Waals surface area contributed by atoms with Crippen LogP contribution in [0.5, 0.6) is 5.75 Å². The van der Waals surface area contributed by atoms with Crippen LogP contribution in [0.25, 0.3) is 0 Å². The van der Waals surface area contributed by atoms with Crippen LogP contribution in [0.4, 0.5) is 13.2 Å². The molecule has 8 heteroatoms. The van der Waals surface area contributed by atoms with Gasteiger partial charge in [-0.05, 0) is 36.1 Å². The highest BCUT2D eigenvalue weighted by Crippen LogP contribution is 2.29. The summed E-state index contributed by atoms with van der Waals surface area (Å²) in [5.74, 6) is 0.310. The number of methoxy groups -OCH3 is 1. The zero-order valence-electron chi connectivity index (χ0n) is 13.9. The SMILES string of the molecule is COc1ccc2c(c1)CCN(C(=O)c1cc(C(F)(F)F)nn1C)CC2. The first kappa shape index (κ1) is 17.3. The Morgan fingerprint density at radius 2 is 1.84 bits per heavy atom. The van der Waals surface area contributed by atoms with E-state index in [-0.39, 0.29) is 5.69 Å². The van der Waals surface area contributed by atoms with Gasteiger partial charge < -0.3 is 9.64 Å². The van der Waals surface area contributed by atoms with Crippen LogP contribution >= 0.6 is 0 Å². The Hall–Kier alpha value is -2.51. The second-order valence-electron chi connectivity index (χ2n) is 5.96. The molecule has 3 rings (SSSR count). The van der Waals surface area contributed by atoms with Gasteiger partial charge in [0.1, 0.15) is 11.4 Å². The van der Waals surface area contributed by atoms with Crippen molar-refractivity contribution < 1.29 is 22.7 Å². The number of hydrogen-bond donors (Lipinski definition) is 0. The number of aryl methyl sites for hydroxylation is 1. The standard InChI is InChI=1S/C17H18F3N3O2/c1-22-14(10-15(21-22)17(18,19)20)16(24)23-7-5-11-3-4-13(25-2)9-12(11)6-8-23/h3-4,9-10H,5-8H2,1-2H3. The first-order valence-corrected chi connectivity index (χ1v) is 7.86. The first-order chi connectivity index (χ1) is 11.8. The van der Waals surface area contributed by atoms with Crippen LogP contribution in [0.2, 0.25) is 0 Å². The molecule has 5 nitrogen and oxygen atoms in total. The van der Waals surface area contributed by atoms with Gasteiger partial charge in [0.25, 0.3) is 5.91 Å².